The number of ether oxygens (including phenoxy) is 1. The Hall–Kier alpha value is -0.860. The molecule has 0 radical (unpaired) electrons. The van der Waals surface area contributed by atoms with Gasteiger partial charge in [0.1, 0.15) is 0 Å². The molecule has 0 aliphatic carbocycles. The lowest BCUT2D eigenvalue weighted by atomic mass is 10.0. The predicted octanol–water partition coefficient (Wildman–Crippen LogP) is 5.88. The molecule has 0 saturated heterocycles. The van der Waals surface area contributed by atoms with Crippen LogP contribution in [0.1, 0.15) is 83.1 Å². The van der Waals surface area contributed by atoms with E-state index in [0.717, 1.165) is 12.8 Å². The normalized spacial score (nSPS) is 12.4. The van der Waals surface area contributed by atoms with Crippen LogP contribution in [0.15, 0.2) is 30.3 Å². The number of benzene rings is 1. The molecule has 0 spiro atoms. The summed E-state index contributed by atoms with van der Waals surface area (Å²) in [5.41, 5.74) is 1.21. The van der Waals surface area contributed by atoms with Crippen LogP contribution in [-0.4, -0.2) is 17.8 Å². The van der Waals surface area contributed by atoms with Gasteiger partial charge in [-0.1, -0.05) is 95.0 Å². The summed E-state index contributed by atoms with van der Waals surface area (Å²) in [5, 5.41) is 9.20. The van der Waals surface area contributed by atoms with Crippen molar-refractivity contribution in [3.05, 3.63) is 35.9 Å². The Morgan fingerprint density at radius 2 is 1.43 bits per heavy atom. The van der Waals surface area contributed by atoms with Crippen LogP contribution in [0.4, 0.5) is 0 Å². The largest absolute Gasteiger partial charge is 0.396 e. The van der Waals surface area contributed by atoms with Crippen molar-refractivity contribution < 1.29 is 9.84 Å². The quantitative estimate of drug-likeness (QED) is 0.409. The van der Waals surface area contributed by atoms with Crippen molar-refractivity contribution in [3.8, 4) is 0 Å². The molecule has 0 saturated carbocycles. The van der Waals surface area contributed by atoms with Crippen LogP contribution in [0, 0.1) is 0 Å². The van der Waals surface area contributed by atoms with Crippen LogP contribution >= 0.6 is 0 Å². The van der Waals surface area contributed by atoms with Gasteiger partial charge in [-0.3, -0.25) is 0 Å². The molecule has 0 amide bonds. The fraction of sp³-hybridized carbons (Fsp3) is 0.714. The van der Waals surface area contributed by atoms with Gasteiger partial charge in [0.05, 0.1) is 12.7 Å². The molecule has 23 heavy (non-hydrogen) atoms. The van der Waals surface area contributed by atoms with Crippen molar-refractivity contribution in [3.63, 3.8) is 0 Å². The first-order valence-corrected chi connectivity index (χ1v) is 9.63. The summed E-state index contributed by atoms with van der Waals surface area (Å²) in [6.07, 6.45) is 14.2. The summed E-state index contributed by atoms with van der Waals surface area (Å²) >= 11 is 0. The maximum absolute atomic E-state index is 9.20. The van der Waals surface area contributed by atoms with E-state index in [9.17, 15) is 5.11 Å². The monoisotopic (exact) mass is 320 g/mol. The van der Waals surface area contributed by atoms with Gasteiger partial charge in [-0.15, -0.1) is 0 Å². The zero-order valence-electron chi connectivity index (χ0n) is 15.0. The van der Waals surface area contributed by atoms with Crippen molar-refractivity contribution >= 4 is 0 Å². The molecule has 0 unspecified atom stereocenters. The smallest absolute Gasteiger partial charge is 0.0720 e. The van der Waals surface area contributed by atoms with Crippen LogP contribution < -0.4 is 0 Å². The van der Waals surface area contributed by atoms with Crippen molar-refractivity contribution in [1.29, 1.82) is 0 Å². The van der Waals surface area contributed by atoms with Gasteiger partial charge in [0.2, 0.25) is 0 Å². The summed E-state index contributed by atoms with van der Waals surface area (Å²) in [6.45, 7) is 3.14. The molecule has 1 N–H and O–H groups in total. The molecule has 2 nitrogen and oxygen atoms in total. The number of hydrogen-bond acceptors (Lipinski definition) is 2. The first-order valence-electron chi connectivity index (χ1n) is 9.63. The highest BCUT2D eigenvalue weighted by Crippen LogP contribution is 2.15. The average Bonchev–Trinajstić information content (AvgIpc) is 2.59. The zero-order valence-corrected chi connectivity index (χ0v) is 15.0. The minimum atomic E-state index is 0.199. The lowest BCUT2D eigenvalue weighted by molar-refractivity contribution is 0.0174. The molecule has 1 aromatic carbocycles. The van der Waals surface area contributed by atoms with E-state index in [1.165, 1.54) is 63.4 Å². The minimum Gasteiger partial charge on any atom is -0.396 e. The van der Waals surface area contributed by atoms with E-state index in [0.29, 0.717) is 6.61 Å². The lowest BCUT2D eigenvalue weighted by Crippen LogP contribution is -2.14. The highest BCUT2D eigenvalue weighted by molar-refractivity contribution is 5.13. The lowest BCUT2D eigenvalue weighted by Gasteiger charge is -2.17. The predicted molar refractivity (Wildman–Crippen MR) is 98.6 cm³/mol. The molecular weight excluding hydrogens is 284 g/mol. The standard InChI is InChI=1S/C21H36O2/c1-2-3-4-5-6-7-8-9-13-16-21(17-18-22)23-19-20-14-11-10-12-15-20/h10-12,14-15,21-22H,2-9,13,16-19H2,1H3/t21-/m1/s1. The van der Waals surface area contributed by atoms with Crippen LogP contribution in [0.3, 0.4) is 0 Å². The third kappa shape index (κ3) is 11.3. The highest BCUT2D eigenvalue weighted by atomic mass is 16.5. The summed E-state index contributed by atoms with van der Waals surface area (Å²) in [4.78, 5) is 0. The van der Waals surface area contributed by atoms with Crippen LogP contribution in [0.5, 0.6) is 0 Å². The summed E-state index contributed by atoms with van der Waals surface area (Å²) in [5.74, 6) is 0. The third-order valence-electron chi connectivity index (χ3n) is 4.41. The number of hydrogen-bond donors (Lipinski definition) is 1. The van der Waals surface area contributed by atoms with Crippen molar-refractivity contribution in [1.82, 2.24) is 0 Å². The summed E-state index contributed by atoms with van der Waals surface area (Å²) in [6, 6.07) is 10.3. The Labute approximate surface area is 143 Å². The van der Waals surface area contributed by atoms with E-state index in [-0.39, 0.29) is 12.7 Å². The maximum atomic E-state index is 9.20. The Balaban J connectivity index is 2.04. The van der Waals surface area contributed by atoms with Crippen LogP contribution in [0.2, 0.25) is 0 Å². The van der Waals surface area contributed by atoms with E-state index in [1.54, 1.807) is 0 Å². The Morgan fingerprint density at radius 3 is 2.04 bits per heavy atom. The molecule has 0 aliphatic heterocycles. The average molecular weight is 321 g/mol. The van der Waals surface area contributed by atoms with Crippen molar-refractivity contribution in [2.75, 3.05) is 6.61 Å². The second kappa shape index (κ2) is 14.7. The Kier molecular flexibility index (Phi) is 12.9. The van der Waals surface area contributed by atoms with Crippen molar-refractivity contribution in [2.45, 2.75) is 90.3 Å². The molecule has 0 heterocycles. The summed E-state index contributed by atoms with van der Waals surface area (Å²) in [7, 11) is 0. The number of aliphatic hydroxyl groups excluding tert-OH is 1. The van der Waals surface area contributed by atoms with E-state index in [1.807, 2.05) is 18.2 Å². The highest BCUT2D eigenvalue weighted by Gasteiger charge is 2.08. The first kappa shape index (κ1) is 20.2. The van der Waals surface area contributed by atoms with Gasteiger partial charge < -0.3 is 9.84 Å². The van der Waals surface area contributed by atoms with Gasteiger partial charge in [0, 0.05) is 6.61 Å². The third-order valence-corrected chi connectivity index (χ3v) is 4.41. The molecular formula is C21H36O2. The van der Waals surface area contributed by atoms with Crippen LogP contribution in [-0.2, 0) is 11.3 Å². The Morgan fingerprint density at radius 1 is 0.826 bits per heavy atom. The number of rotatable bonds is 15. The van der Waals surface area contributed by atoms with Gasteiger partial charge in [-0.25, -0.2) is 0 Å². The second-order valence-corrected chi connectivity index (χ2v) is 6.55. The van der Waals surface area contributed by atoms with E-state index >= 15 is 0 Å². The second-order valence-electron chi connectivity index (χ2n) is 6.55. The summed E-state index contributed by atoms with van der Waals surface area (Å²) < 4.78 is 5.98. The fourth-order valence-electron chi connectivity index (χ4n) is 2.93. The van der Waals surface area contributed by atoms with Gasteiger partial charge >= 0.3 is 0 Å². The topological polar surface area (TPSA) is 29.5 Å². The zero-order chi connectivity index (χ0) is 16.6. The van der Waals surface area contributed by atoms with E-state index in [2.05, 4.69) is 19.1 Å². The maximum Gasteiger partial charge on any atom is 0.0720 e. The first-order chi connectivity index (χ1) is 11.4. The molecule has 132 valence electrons. The molecule has 0 fully saturated rings. The van der Waals surface area contributed by atoms with Gasteiger partial charge in [-0.05, 0) is 18.4 Å². The SMILES string of the molecule is CCCCCCCCCCC[C@H](CCO)OCc1ccccc1. The molecule has 0 aliphatic rings. The van der Waals surface area contributed by atoms with E-state index in [4.69, 9.17) is 4.74 Å². The van der Waals surface area contributed by atoms with Gasteiger partial charge in [0.15, 0.2) is 0 Å². The number of unbranched alkanes of at least 4 members (excludes halogenated alkanes) is 8. The Bertz CT molecular complexity index is 350. The molecule has 1 atom stereocenters. The minimum absolute atomic E-state index is 0.199. The fourth-order valence-corrected chi connectivity index (χ4v) is 2.93. The molecule has 2 heteroatoms. The van der Waals surface area contributed by atoms with E-state index < -0.39 is 0 Å². The molecule has 1 aromatic rings. The molecule has 0 bridgehead atoms. The van der Waals surface area contributed by atoms with Crippen molar-refractivity contribution in [2.24, 2.45) is 0 Å². The molecule has 1 rings (SSSR count). The number of aliphatic hydroxyl groups is 1. The van der Waals surface area contributed by atoms with Crippen LogP contribution in [0.25, 0.3) is 0 Å². The van der Waals surface area contributed by atoms with Gasteiger partial charge in [-0.2, -0.15) is 0 Å². The van der Waals surface area contributed by atoms with Gasteiger partial charge in [0.25, 0.3) is 0 Å². The molecule has 0 aromatic heterocycles.